The van der Waals surface area contributed by atoms with Crippen molar-refractivity contribution in [2.45, 2.75) is 50.4 Å². The van der Waals surface area contributed by atoms with Gasteiger partial charge >= 0.3 is 12.2 Å². The summed E-state index contributed by atoms with van der Waals surface area (Å²) in [7, 11) is 3.36. The second-order valence-corrected chi connectivity index (χ2v) is 9.55. The monoisotopic (exact) mass is 505 g/mol. The lowest BCUT2D eigenvalue weighted by Crippen LogP contribution is -2.56. The van der Waals surface area contributed by atoms with Gasteiger partial charge in [0, 0.05) is 32.4 Å². The van der Waals surface area contributed by atoms with E-state index in [9.17, 15) is 22.8 Å². The van der Waals surface area contributed by atoms with Gasteiger partial charge in [-0.25, -0.2) is 14.8 Å². The SMILES string of the molecule is C[C@@H]1[C@H](NC(=O)N(C)C)CCCN1c1cnc(C(N)=O)c(Nc2ccc(C3CC3C(F)(F)F)cc2)n1. The molecule has 4 atom stereocenters. The number of hydrogen-bond acceptors (Lipinski definition) is 6. The topological polar surface area (TPSA) is 116 Å². The number of primary amides is 1. The van der Waals surface area contributed by atoms with Crippen molar-refractivity contribution in [3.05, 3.63) is 41.7 Å². The lowest BCUT2D eigenvalue weighted by molar-refractivity contribution is -0.148. The summed E-state index contributed by atoms with van der Waals surface area (Å²) in [5.41, 5.74) is 6.61. The Kier molecular flexibility index (Phi) is 6.96. The van der Waals surface area contributed by atoms with Crippen LogP contribution in [0.3, 0.4) is 0 Å². The van der Waals surface area contributed by atoms with E-state index < -0.39 is 23.9 Å². The van der Waals surface area contributed by atoms with Crippen molar-refractivity contribution >= 4 is 29.3 Å². The third-order valence-corrected chi connectivity index (χ3v) is 6.80. The smallest absolute Gasteiger partial charge is 0.364 e. The maximum absolute atomic E-state index is 12.9. The standard InChI is InChI=1S/C24H30F3N7O2/c1-13-18(31-23(36)33(2)3)5-4-10-34(13)19-12-29-20(21(28)35)22(32-19)30-15-8-6-14(7-9-15)16-11-17(16)24(25,26)27/h6-9,12-13,16-18H,4-5,10-11H2,1-3H3,(H2,28,35)(H,30,32)(H,31,36)/t13-,16?,17?,18-/m1/s1. The maximum Gasteiger partial charge on any atom is 0.392 e. The zero-order valence-corrected chi connectivity index (χ0v) is 20.3. The Hall–Kier alpha value is -3.57. The van der Waals surface area contributed by atoms with Crippen molar-refractivity contribution in [1.29, 1.82) is 0 Å². The normalized spacial score (nSPS) is 23.7. The highest BCUT2D eigenvalue weighted by Crippen LogP contribution is 2.56. The zero-order valence-electron chi connectivity index (χ0n) is 20.3. The third-order valence-electron chi connectivity index (χ3n) is 6.80. The molecule has 1 saturated carbocycles. The van der Waals surface area contributed by atoms with E-state index in [-0.39, 0.29) is 36.0 Å². The minimum absolute atomic E-state index is 0.0516. The molecule has 2 unspecified atom stereocenters. The van der Waals surface area contributed by atoms with E-state index in [2.05, 4.69) is 20.6 Å². The van der Waals surface area contributed by atoms with E-state index in [1.165, 1.54) is 11.1 Å². The molecule has 2 fully saturated rings. The molecule has 36 heavy (non-hydrogen) atoms. The molecule has 4 rings (SSSR count). The molecule has 1 aromatic heterocycles. The molecule has 1 aromatic carbocycles. The van der Waals surface area contributed by atoms with Crippen LogP contribution in [0, 0.1) is 5.92 Å². The fourth-order valence-corrected chi connectivity index (χ4v) is 4.61. The lowest BCUT2D eigenvalue weighted by atomic mass is 9.97. The van der Waals surface area contributed by atoms with E-state index in [0.29, 0.717) is 23.6 Å². The van der Waals surface area contributed by atoms with Crippen molar-refractivity contribution < 1.29 is 22.8 Å². The zero-order chi connectivity index (χ0) is 26.2. The van der Waals surface area contributed by atoms with Gasteiger partial charge in [0.25, 0.3) is 5.91 Å². The Morgan fingerprint density at radius 3 is 2.47 bits per heavy atom. The van der Waals surface area contributed by atoms with Crippen LogP contribution in [0.1, 0.15) is 48.2 Å². The number of nitrogens with one attached hydrogen (secondary N) is 2. The number of carbonyl (C=O) groups excluding carboxylic acids is 2. The number of amides is 3. The fraction of sp³-hybridized carbons (Fsp3) is 0.500. The first-order valence-electron chi connectivity index (χ1n) is 11.8. The van der Waals surface area contributed by atoms with Crippen LogP contribution in [0.2, 0.25) is 0 Å². The van der Waals surface area contributed by atoms with E-state index >= 15 is 0 Å². The van der Waals surface area contributed by atoms with Gasteiger partial charge in [0.05, 0.1) is 18.2 Å². The summed E-state index contributed by atoms with van der Waals surface area (Å²) >= 11 is 0. The van der Waals surface area contributed by atoms with Crippen molar-refractivity contribution in [1.82, 2.24) is 20.2 Å². The number of hydrogen-bond donors (Lipinski definition) is 3. The summed E-state index contributed by atoms with van der Waals surface area (Å²) in [6, 6.07) is 6.23. The molecule has 2 aliphatic rings. The van der Waals surface area contributed by atoms with Gasteiger partial charge in [0.2, 0.25) is 0 Å². The van der Waals surface area contributed by atoms with E-state index in [4.69, 9.17) is 5.73 Å². The first kappa shape index (κ1) is 25.5. The molecule has 12 heteroatoms. The Labute approximate surface area is 207 Å². The molecule has 194 valence electrons. The molecule has 9 nitrogen and oxygen atoms in total. The first-order valence-corrected chi connectivity index (χ1v) is 11.8. The predicted octanol–water partition coefficient (Wildman–Crippen LogP) is 3.61. The van der Waals surface area contributed by atoms with Gasteiger partial charge in [-0.1, -0.05) is 12.1 Å². The summed E-state index contributed by atoms with van der Waals surface area (Å²) < 4.78 is 38.7. The molecule has 0 bridgehead atoms. The van der Waals surface area contributed by atoms with Gasteiger partial charge in [0.1, 0.15) is 5.82 Å². The lowest BCUT2D eigenvalue weighted by Gasteiger charge is -2.40. The minimum atomic E-state index is -4.19. The second kappa shape index (κ2) is 9.82. The third kappa shape index (κ3) is 5.47. The van der Waals surface area contributed by atoms with Gasteiger partial charge in [-0.3, -0.25) is 4.79 Å². The largest absolute Gasteiger partial charge is 0.392 e. The number of anilines is 3. The Bertz CT molecular complexity index is 1120. The van der Waals surface area contributed by atoms with Gasteiger partial charge in [-0.2, -0.15) is 13.2 Å². The summed E-state index contributed by atoms with van der Waals surface area (Å²) in [6.45, 7) is 2.68. The number of carbonyl (C=O) groups is 2. The second-order valence-electron chi connectivity index (χ2n) is 9.55. The fourth-order valence-electron chi connectivity index (χ4n) is 4.61. The van der Waals surface area contributed by atoms with Crippen LogP contribution in [-0.4, -0.2) is 65.7 Å². The van der Waals surface area contributed by atoms with Crippen molar-refractivity contribution in [3.63, 3.8) is 0 Å². The van der Waals surface area contributed by atoms with Gasteiger partial charge < -0.3 is 26.2 Å². The number of halogens is 3. The van der Waals surface area contributed by atoms with Gasteiger partial charge in [-0.05, 0) is 49.8 Å². The van der Waals surface area contributed by atoms with E-state index in [0.717, 1.165) is 12.8 Å². The van der Waals surface area contributed by atoms with E-state index in [1.807, 2.05) is 11.8 Å². The van der Waals surface area contributed by atoms with Crippen LogP contribution in [0.25, 0.3) is 0 Å². The van der Waals surface area contributed by atoms with Crippen LogP contribution in [0.4, 0.5) is 35.3 Å². The van der Waals surface area contributed by atoms with Gasteiger partial charge in [0.15, 0.2) is 11.5 Å². The molecule has 4 N–H and O–H groups in total. The molecule has 0 spiro atoms. The number of alkyl halides is 3. The molecule has 1 saturated heterocycles. The number of piperidine rings is 1. The Morgan fingerprint density at radius 2 is 1.89 bits per heavy atom. The van der Waals surface area contributed by atoms with Crippen molar-refractivity contribution in [2.24, 2.45) is 11.7 Å². The highest BCUT2D eigenvalue weighted by atomic mass is 19.4. The number of benzene rings is 1. The molecule has 2 aromatic rings. The molecule has 1 aliphatic carbocycles. The molecule has 2 heterocycles. The Balaban J connectivity index is 1.52. The highest BCUT2D eigenvalue weighted by Gasteiger charge is 2.56. The predicted molar refractivity (Wildman–Crippen MR) is 129 cm³/mol. The molecule has 1 aliphatic heterocycles. The first-order chi connectivity index (χ1) is 17.0. The molecular weight excluding hydrogens is 475 g/mol. The average Bonchev–Trinajstić information content (AvgIpc) is 3.62. The van der Waals surface area contributed by atoms with Crippen molar-refractivity contribution in [3.8, 4) is 0 Å². The maximum atomic E-state index is 12.9. The number of nitrogens with zero attached hydrogens (tertiary/aromatic N) is 4. The van der Waals surface area contributed by atoms with Gasteiger partial charge in [-0.15, -0.1) is 0 Å². The van der Waals surface area contributed by atoms with Crippen LogP contribution >= 0.6 is 0 Å². The molecule has 3 amide bonds. The summed E-state index contributed by atoms with van der Waals surface area (Å²) in [4.78, 5) is 36.5. The molecule has 0 radical (unpaired) electrons. The molecular formula is C24H30F3N7O2. The van der Waals surface area contributed by atoms with Crippen LogP contribution in [-0.2, 0) is 0 Å². The average molecular weight is 506 g/mol. The minimum Gasteiger partial charge on any atom is -0.364 e. The Morgan fingerprint density at radius 1 is 1.19 bits per heavy atom. The van der Waals surface area contributed by atoms with Crippen LogP contribution < -0.4 is 21.3 Å². The number of nitrogens with two attached hydrogens (primary N) is 1. The summed E-state index contributed by atoms with van der Waals surface area (Å²) in [5.74, 6) is -1.91. The van der Waals surface area contributed by atoms with Crippen molar-refractivity contribution in [2.75, 3.05) is 30.9 Å². The quantitative estimate of drug-likeness (QED) is 0.552. The number of rotatable bonds is 6. The van der Waals surface area contributed by atoms with Crippen LogP contribution in [0.15, 0.2) is 30.5 Å². The number of urea groups is 1. The number of aromatic nitrogens is 2. The van der Waals surface area contributed by atoms with Crippen LogP contribution in [0.5, 0.6) is 0 Å². The highest BCUT2D eigenvalue weighted by molar-refractivity contribution is 5.96. The summed E-state index contributed by atoms with van der Waals surface area (Å²) in [6.07, 6.45) is -0.969. The summed E-state index contributed by atoms with van der Waals surface area (Å²) in [5, 5.41) is 6.06. The van der Waals surface area contributed by atoms with E-state index in [1.54, 1.807) is 38.4 Å².